The van der Waals surface area contributed by atoms with Gasteiger partial charge in [-0.1, -0.05) is 46.1 Å². The lowest BCUT2D eigenvalue weighted by atomic mass is 9.83. The van der Waals surface area contributed by atoms with Gasteiger partial charge in [-0.25, -0.2) is 0 Å². The molecule has 1 aliphatic carbocycles. The summed E-state index contributed by atoms with van der Waals surface area (Å²) in [5.41, 5.74) is 7.62. The molecule has 0 unspecified atom stereocenters. The van der Waals surface area contributed by atoms with E-state index in [1.807, 2.05) is 32.0 Å². The molecular formula is C30H52N2O6. The van der Waals surface area contributed by atoms with Crippen LogP contribution in [0.4, 0.5) is 0 Å². The van der Waals surface area contributed by atoms with E-state index in [0.29, 0.717) is 37.6 Å². The van der Waals surface area contributed by atoms with Gasteiger partial charge in [-0.2, -0.15) is 0 Å². The number of nitrogens with one attached hydrogen (secondary N) is 1. The van der Waals surface area contributed by atoms with Crippen LogP contribution in [0.2, 0.25) is 0 Å². The van der Waals surface area contributed by atoms with E-state index in [2.05, 4.69) is 12.2 Å². The van der Waals surface area contributed by atoms with Gasteiger partial charge in [0, 0.05) is 32.1 Å². The van der Waals surface area contributed by atoms with Gasteiger partial charge in [-0.3, -0.25) is 4.79 Å². The highest BCUT2D eigenvalue weighted by molar-refractivity contribution is 5.79. The molecule has 1 fully saturated rings. The highest BCUT2D eigenvalue weighted by atomic mass is 16.5. The molecule has 8 nitrogen and oxygen atoms in total. The monoisotopic (exact) mass is 536 g/mol. The van der Waals surface area contributed by atoms with Crippen molar-refractivity contribution < 1.29 is 29.2 Å². The van der Waals surface area contributed by atoms with Gasteiger partial charge in [-0.05, 0) is 61.6 Å². The van der Waals surface area contributed by atoms with E-state index in [1.165, 1.54) is 0 Å². The Hall–Kier alpha value is -1.87. The van der Waals surface area contributed by atoms with Gasteiger partial charge in [0.25, 0.3) is 0 Å². The van der Waals surface area contributed by atoms with Crippen LogP contribution >= 0.6 is 0 Å². The van der Waals surface area contributed by atoms with Crippen molar-refractivity contribution in [2.75, 3.05) is 27.4 Å². The van der Waals surface area contributed by atoms with Gasteiger partial charge in [0.15, 0.2) is 11.5 Å². The number of amides is 1. The summed E-state index contributed by atoms with van der Waals surface area (Å²) >= 11 is 0. The van der Waals surface area contributed by atoms with Crippen LogP contribution in [0, 0.1) is 17.8 Å². The predicted octanol–water partition coefficient (Wildman–Crippen LogP) is 3.84. The minimum Gasteiger partial charge on any atom is -0.493 e. The molecule has 0 spiro atoms. The van der Waals surface area contributed by atoms with Crippen molar-refractivity contribution in [3.05, 3.63) is 23.8 Å². The van der Waals surface area contributed by atoms with Crippen LogP contribution in [0.25, 0.3) is 0 Å². The van der Waals surface area contributed by atoms with Crippen molar-refractivity contribution in [1.82, 2.24) is 5.32 Å². The zero-order valence-electron chi connectivity index (χ0n) is 24.2. The average Bonchev–Trinajstić information content (AvgIpc) is 2.90. The molecular weight excluding hydrogens is 484 g/mol. The Labute approximate surface area is 229 Å². The fourth-order valence-electron chi connectivity index (χ4n) is 5.30. The smallest absolute Gasteiger partial charge is 0.223 e. The zero-order chi connectivity index (χ0) is 28.1. The third-order valence-corrected chi connectivity index (χ3v) is 7.87. The molecule has 218 valence electrons. The molecule has 6 atom stereocenters. The number of aliphatic hydroxyl groups excluding tert-OH is 2. The van der Waals surface area contributed by atoms with Crippen LogP contribution < -0.4 is 20.5 Å². The lowest BCUT2D eigenvalue weighted by Crippen LogP contribution is -2.49. The van der Waals surface area contributed by atoms with Crippen LogP contribution in [-0.2, 0) is 16.0 Å². The van der Waals surface area contributed by atoms with Crippen LogP contribution in [0.5, 0.6) is 11.5 Å². The third kappa shape index (κ3) is 10.4. The van der Waals surface area contributed by atoms with Crippen LogP contribution in [0.15, 0.2) is 18.2 Å². The third-order valence-electron chi connectivity index (χ3n) is 7.87. The molecule has 2 rings (SSSR count). The molecule has 0 aromatic heterocycles. The van der Waals surface area contributed by atoms with E-state index in [1.54, 1.807) is 14.2 Å². The minimum absolute atomic E-state index is 0.0566. The van der Waals surface area contributed by atoms with Crippen LogP contribution in [0.1, 0.15) is 77.7 Å². The maximum absolute atomic E-state index is 13.1. The summed E-state index contributed by atoms with van der Waals surface area (Å²) in [6, 6.07) is 5.36. The van der Waals surface area contributed by atoms with Crippen molar-refractivity contribution in [1.29, 1.82) is 0 Å². The molecule has 5 N–H and O–H groups in total. The van der Waals surface area contributed by atoms with Crippen molar-refractivity contribution >= 4 is 5.91 Å². The van der Waals surface area contributed by atoms with E-state index < -0.39 is 18.2 Å². The molecule has 1 aromatic carbocycles. The number of methoxy groups -OCH3 is 2. The highest BCUT2D eigenvalue weighted by Crippen LogP contribution is 2.31. The van der Waals surface area contributed by atoms with Gasteiger partial charge in [0.1, 0.15) is 0 Å². The number of aliphatic hydroxyl groups is 2. The molecule has 38 heavy (non-hydrogen) atoms. The molecule has 1 saturated carbocycles. The van der Waals surface area contributed by atoms with Gasteiger partial charge in [-0.15, -0.1) is 0 Å². The summed E-state index contributed by atoms with van der Waals surface area (Å²) in [4.78, 5) is 13.1. The Morgan fingerprint density at radius 1 is 1.13 bits per heavy atom. The molecule has 8 heteroatoms. The molecule has 0 aliphatic heterocycles. The topological polar surface area (TPSA) is 123 Å². The number of carbonyl (C=O) groups excluding carboxylic acids is 1. The van der Waals surface area contributed by atoms with Crippen molar-refractivity contribution in [3.8, 4) is 11.5 Å². The molecule has 1 amide bonds. The number of nitrogens with two attached hydrogens (primary N) is 1. The fraction of sp³-hybridized carbons (Fsp3) is 0.767. The quantitative estimate of drug-likeness (QED) is 0.223. The lowest BCUT2D eigenvalue weighted by Gasteiger charge is -2.32. The zero-order valence-corrected chi connectivity index (χ0v) is 24.2. The minimum atomic E-state index is -0.783. The number of hydrogen-bond donors (Lipinski definition) is 4. The first kappa shape index (κ1) is 32.3. The maximum Gasteiger partial charge on any atom is 0.223 e. The predicted molar refractivity (Wildman–Crippen MR) is 150 cm³/mol. The molecule has 1 aliphatic rings. The fourth-order valence-corrected chi connectivity index (χ4v) is 5.30. The summed E-state index contributed by atoms with van der Waals surface area (Å²) in [6.45, 7) is 7.31. The van der Waals surface area contributed by atoms with E-state index in [4.69, 9.17) is 19.9 Å². The molecule has 0 radical (unpaired) electrons. The van der Waals surface area contributed by atoms with Gasteiger partial charge >= 0.3 is 0 Å². The Bertz CT molecular complexity index is 820. The summed E-state index contributed by atoms with van der Waals surface area (Å²) in [6.07, 6.45) is 5.73. The maximum atomic E-state index is 13.1. The van der Waals surface area contributed by atoms with Crippen molar-refractivity contribution in [2.24, 2.45) is 23.5 Å². The summed E-state index contributed by atoms with van der Waals surface area (Å²) in [5, 5.41) is 24.3. The Morgan fingerprint density at radius 2 is 1.87 bits per heavy atom. The SMILES string of the molecule is CC[C@@H](Cc1ccc(OC)c(OCCCOC)c1)C[C@H](N)[C@@H](O)C[C@H](C(=O)N[C@H]1CCCC[C@@H]1O)C(C)C. The van der Waals surface area contributed by atoms with E-state index in [-0.39, 0.29) is 29.7 Å². The number of hydrogen-bond acceptors (Lipinski definition) is 7. The first-order chi connectivity index (χ1) is 18.2. The second-order valence-electron chi connectivity index (χ2n) is 11.2. The first-order valence-electron chi connectivity index (χ1n) is 14.4. The van der Waals surface area contributed by atoms with E-state index in [9.17, 15) is 15.0 Å². The second kappa shape index (κ2) is 17.0. The standard InChI is InChI=1S/C30H52N2O6/c1-6-21(16-22-12-13-28(37-5)29(18-22)38-15-9-14-36-4)17-24(31)27(34)19-23(20(2)3)30(35)32-25-10-7-8-11-26(25)33/h12-13,18,20-21,23-27,33-34H,6-11,14-17,19,31H2,1-5H3,(H,32,35)/t21-,23-,24-,25-,26-,27-/m0/s1. The summed E-state index contributed by atoms with van der Waals surface area (Å²) in [7, 11) is 3.31. The highest BCUT2D eigenvalue weighted by Gasteiger charge is 2.32. The van der Waals surface area contributed by atoms with Crippen molar-refractivity contribution in [2.45, 2.75) is 103 Å². The van der Waals surface area contributed by atoms with E-state index in [0.717, 1.165) is 50.5 Å². The molecule has 1 aromatic rings. The molecule has 0 heterocycles. The van der Waals surface area contributed by atoms with Crippen LogP contribution in [-0.4, -0.2) is 67.8 Å². The summed E-state index contributed by atoms with van der Waals surface area (Å²) < 4.78 is 16.5. The van der Waals surface area contributed by atoms with Crippen molar-refractivity contribution in [3.63, 3.8) is 0 Å². The van der Waals surface area contributed by atoms with Gasteiger partial charge < -0.3 is 35.5 Å². The molecule has 0 bridgehead atoms. The average molecular weight is 537 g/mol. The second-order valence-corrected chi connectivity index (χ2v) is 11.2. The number of benzene rings is 1. The number of rotatable bonds is 17. The Kier molecular flexibility index (Phi) is 14.4. The normalized spacial score (nSPS) is 21.0. The summed E-state index contributed by atoms with van der Waals surface area (Å²) in [5.74, 6) is 1.30. The Morgan fingerprint density at radius 3 is 2.50 bits per heavy atom. The number of ether oxygens (including phenoxy) is 3. The molecule has 0 saturated heterocycles. The lowest BCUT2D eigenvalue weighted by molar-refractivity contribution is -0.129. The van der Waals surface area contributed by atoms with E-state index >= 15 is 0 Å². The largest absolute Gasteiger partial charge is 0.493 e. The van der Waals surface area contributed by atoms with Gasteiger partial charge in [0.05, 0.1) is 32.0 Å². The first-order valence-corrected chi connectivity index (χ1v) is 14.4. The van der Waals surface area contributed by atoms with Crippen LogP contribution in [0.3, 0.4) is 0 Å². The van der Waals surface area contributed by atoms with Gasteiger partial charge in [0.2, 0.25) is 5.91 Å². The Balaban J connectivity index is 1.96. The number of carbonyl (C=O) groups is 1.